The predicted octanol–water partition coefficient (Wildman–Crippen LogP) is 2.25. The van der Waals surface area contributed by atoms with Gasteiger partial charge in [-0.25, -0.2) is 9.36 Å². The molecule has 4 rings (SSSR count). The van der Waals surface area contributed by atoms with Gasteiger partial charge in [-0.3, -0.25) is 0 Å². The Labute approximate surface area is 134 Å². The highest BCUT2D eigenvalue weighted by molar-refractivity contribution is 6.66. The molecule has 1 N–H and O–H groups in total. The Hall–Kier alpha value is -3.00. The van der Waals surface area contributed by atoms with Crippen LogP contribution in [-0.4, -0.2) is 40.4 Å². The molecule has 0 unspecified atom stereocenters. The molecule has 4 aromatic rings. The number of oxime groups is 1. The third-order valence-corrected chi connectivity index (χ3v) is 3.80. The van der Waals surface area contributed by atoms with Crippen molar-refractivity contribution >= 4 is 38.8 Å². The molecule has 8 nitrogen and oxygen atoms in total. The van der Waals surface area contributed by atoms with E-state index < -0.39 is 6.17 Å². The van der Waals surface area contributed by atoms with Crippen LogP contribution in [0.3, 0.4) is 0 Å². The molecule has 114 valence electrons. The maximum Gasteiger partial charge on any atom is 0.204 e. The minimum Gasteiger partial charge on any atom is -0.410 e. The highest BCUT2D eigenvalue weighted by Gasteiger charge is 2.25. The van der Waals surface area contributed by atoms with Crippen molar-refractivity contribution in [1.82, 2.24) is 30.0 Å². The number of fused-ring (bicyclic) bond motifs is 2. The molecule has 23 heavy (non-hydrogen) atoms. The largest absolute Gasteiger partial charge is 0.410 e. The molecule has 0 saturated carbocycles. The van der Waals surface area contributed by atoms with Crippen molar-refractivity contribution in [2.24, 2.45) is 5.16 Å². The van der Waals surface area contributed by atoms with Crippen molar-refractivity contribution in [3.05, 3.63) is 48.5 Å². The zero-order valence-electron chi connectivity index (χ0n) is 11.7. The van der Waals surface area contributed by atoms with Gasteiger partial charge in [-0.15, -0.1) is 10.2 Å². The van der Waals surface area contributed by atoms with Crippen LogP contribution < -0.4 is 0 Å². The average molecular weight is 328 g/mol. The molecule has 0 fully saturated rings. The van der Waals surface area contributed by atoms with Gasteiger partial charge in [0.25, 0.3) is 0 Å². The van der Waals surface area contributed by atoms with E-state index in [-0.39, 0.29) is 5.17 Å². The van der Waals surface area contributed by atoms with Crippen LogP contribution in [0.1, 0.15) is 6.17 Å². The van der Waals surface area contributed by atoms with Crippen molar-refractivity contribution < 1.29 is 5.21 Å². The third-order valence-electron chi connectivity index (χ3n) is 3.53. The van der Waals surface area contributed by atoms with Gasteiger partial charge in [0, 0.05) is 0 Å². The zero-order chi connectivity index (χ0) is 15.8. The molecule has 2 aromatic heterocycles. The van der Waals surface area contributed by atoms with Crippen LogP contribution in [0.25, 0.3) is 22.1 Å². The summed E-state index contributed by atoms with van der Waals surface area (Å²) >= 11 is 6.14. The minimum atomic E-state index is -0.790. The molecule has 0 spiro atoms. The van der Waals surface area contributed by atoms with Crippen molar-refractivity contribution in [2.75, 3.05) is 0 Å². The Balaban J connectivity index is 1.99. The Morgan fingerprint density at radius 3 is 1.87 bits per heavy atom. The van der Waals surface area contributed by atoms with Crippen LogP contribution in [0.5, 0.6) is 0 Å². The van der Waals surface area contributed by atoms with Gasteiger partial charge >= 0.3 is 0 Å². The van der Waals surface area contributed by atoms with Gasteiger partial charge in [-0.1, -0.05) is 51.4 Å². The molecule has 2 aromatic carbocycles. The van der Waals surface area contributed by atoms with Crippen LogP contribution in [-0.2, 0) is 0 Å². The first-order valence-electron chi connectivity index (χ1n) is 6.77. The topological polar surface area (TPSA) is 94.0 Å². The lowest BCUT2D eigenvalue weighted by Crippen LogP contribution is -2.26. The van der Waals surface area contributed by atoms with Gasteiger partial charge in [0.15, 0.2) is 5.17 Å². The van der Waals surface area contributed by atoms with E-state index in [2.05, 4.69) is 25.8 Å². The summed E-state index contributed by atoms with van der Waals surface area (Å²) in [5.41, 5.74) is 2.87. The summed E-state index contributed by atoms with van der Waals surface area (Å²) in [6, 6.07) is 14.8. The summed E-state index contributed by atoms with van der Waals surface area (Å²) in [6.07, 6.45) is -0.790. The molecule has 0 radical (unpaired) electrons. The van der Waals surface area contributed by atoms with Gasteiger partial charge in [0.2, 0.25) is 6.17 Å². The molecule has 0 aliphatic rings. The smallest absolute Gasteiger partial charge is 0.204 e. The minimum absolute atomic E-state index is 0.101. The molecule has 0 saturated heterocycles. The van der Waals surface area contributed by atoms with E-state index in [0.29, 0.717) is 11.0 Å². The molecule has 2 heterocycles. The maximum atomic E-state index is 9.18. The number of para-hydroxylation sites is 2. The van der Waals surface area contributed by atoms with E-state index in [0.717, 1.165) is 11.0 Å². The van der Waals surface area contributed by atoms with Crippen LogP contribution >= 0.6 is 11.6 Å². The SMILES string of the molecule is O/N=C(\Cl)C(n1nnc2ccccc21)n1nnc2ccccc21. The van der Waals surface area contributed by atoms with Gasteiger partial charge in [-0.05, 0) is 24.3 Å². The van der Waals surface area contributed by atoms with Crippen molar-refractivity contribution in [3.63, 3.8) is 0 Å². The predicted molar refractivity (Wildman–Crippen MR) is 84.6 cm³/mol. The molecular weight excluding hydrogens is 318 g/mol. The Bertz CT molecular complexity index is 948. The molecule has 0 atom stereocenters. The molecule has 0 amide bonds. The Morgan fingerprint density at radius 1 is 0.913 bits per heavy atom. The van der Waals surface area contributed by atoms with Crippen LogP contribution in [0, 0.1) is 0 Å². The van der Waals surface area contributed by atoms with Crippen molar-refractivity contribution in [3.8, 4) is 0 Å². The standard InChI is InChI=1S/C14H10ClN7O/c15-13(18-23)14(21-11-7-3-1-5-9(11)16-19-21)22-12-8-4-2-6-10(12)17-20-22/h1-8,14,23H/b18-13-. The Kier molecular flexibility index (Phi) is 3.16. The van der Waals surface area contributed by atoms with E-state index in [1.54, 1.807) is 9.36 Å². The lowest BCUT2D eigenvalue weighted by atomic mass is 10.3. The summed E-state index contributed by atoms with van der Waals surface area (Å²) < 4.78 is 3.08. The first-order valence-corrected chi connectivity index (χ1v) is 7.14. The highest BCUT2D eigenvalue weighted by atomic mass is 35.5. The van der Waals surface area contributed by atoms with Crippen LogP contribution in [0.2, 0.25) is 0 Å². The second kappa shape index (κ2) is 5.33. The number of benzene rings is 2. The number of halogens is 1. The van der Waals surface area contributed by atoms with Gasteiger partial charge in [0.05, 0.1) is 11.0 Å². The summed E-state index contributed by atoms with van der Waals surface area (Å²) in [5, 5.41) is 28.7. The molecule has 0 aliphatic carbocycles. The van der Waals surface area contributed by atoms with E-state index in [1.165, 1.54) is 0 Å². The lowest BCUT2D eigenvalue weighted by Gasteiger charge is -2.16. The number of hydrogen-bond donors (Lipinski definition) is 1. The first kappa shape index (κ1) is 13.6. The first-order chi connectivity index (χ1) is 11.3. The number of hydrogen-bond acceptors (Lipinski definition) is 6. The maximum absolute atomic E-state index is 9.18. The summed E-state index contributed by atoms with van der Waals surface area (Å²) in [5.74, 6) is 0. The van der Waals surface area contributed by atoms with Crippen LogP contribution in [0.15, 0.2) is 53.7 Å². The van der Waals surface area contributed by atoms with Gasteiger partial charge < -0.3 is 5.21 Å². The second-order valence-electron chi connectivity index (χ2n) is 4.84. The summed E-state index contributed by atoms with van der Waals surface area (Å²) in [4.78, 5) is 0. The average Bonchev–Trinajstić information content (AvgIpc) is 3.20. The molecule has 0 aliphatic heterocycles. The molecule has 0 bridgehead atoms. The van der Waals surface area contributed by atoms with E-state index in [9.17, 15) is 5.21 Å². The summed E-state index contributed by atoms with van der Waals surface area (Å²) in [7, 11) is 0. The fraction of sp³-hybridized carbons (Fsp3) is 0.0714. The van der Waals surface area contributed by atoms with Gasteiger partial charge in [-0.2, -0.15) is 0 Å². The number of nitrogens with zero attached hydrogens (tertiary/aromatic N) is 7. The fourth-order valence-electron chi connectivity index (χ4n) is 2.49. The van der Waals surface area contributed by atoms with E-state index in [1.807, 2.05) is 48.5 Å². The second-order valence-corrected chi connectivity index (χ2v) is 5.23. The third kappa shape index (κ3) is 2.11. The quantitative estimate of drug-likeness (QED) is 0.354. The van der Waals surface area contributed by atoms with Crippen molar-refractivity contribution in [2.45, 2.75) is 6.17 Å². The Morgan fingerprint density at radius 2 is 1.39 bits per heavy atom. The monoisotopic (exact) mass is 327 g/mol. The van der Waals surface area contributed by atoms with Gasteiger partial charge in [0.1, 0.15) is 11.0 Å². The van der Waals surface area contributed by atoms with Crippen LogP contribution in [0.4, 0.5) is 0 Å². The number of aromatic nitrogens is 6. The van der Waals surface area contributed by atoms with Crippen molar-refractivity contribution in [1.29, 1.82) is 0 Å². The number of rotatable bonds is 3. The van der Waals surface area contributed by atoms with E-state index >= 15 is 0 Å². The normalized spacial score (nSPS) is 12.5. The van der Waals surface area contributed by atoms with E-state index in [4.69, 9.17) is 11.6 Å². The lowest BCUT2D eigenvalue weighted by molar-refractivity contribution is 0.312. The highest BCUT2D eigenvalue weighted by Crippen LogP contribution is 2.23. The fourth-order valence-corrected chi connectivity index (χ4v) is 2.68. The summed E-state index contributed by atoms with van der Waals surface area (Å²) in [6.45, 7) is 0. The molecular formula is C14H10ClN7O. The molecule has 9 heteroatoms. The zero-order valence-corrected chi connectivity index (χ0v) is 12.4.